The van der Waals surface area contributed by atoms with Crippen molar-refractivity contribution in [2.45, 2.75) is 6.42 Å². The number of aliphatic imine (C=N–C) groups is 1. The zero-order valence-corrected chi connectivity index (χ0v) is 8.05. The van der Waals surface area contributed by atoms with Crippen molar-refractivity contribution >= 4 is 15.8 Å². The lowest BCUT2D eigenvalue weighted by atomic mass is 10.1. The molecule has 76 valence electrons. The number of nitrogens with one attached hydrogen (secondary N) is 1. The Kier molecular flexibility index (Phi) is 3.10. The minimum Gasteiger partial charge on any atom is -0.369 e. The van der Waals surface area contributed by atoms with Crippen LogP contribution in [0.5, 0.6) is 0 Å². The summed E-state index contributed by atoms with van der Waals surface area (Å²) in [5.41, 5.74) is 7.47. The van der Waals surface area contributed by atoms with E-state index in [1.165, 1.54) is 0 Å². The molecule has 1 aliphatic heterocycles. The third kappa shape index (κ3) is 3.19. The Labute approximate surface area is 77.3 Å². The first-order valence-electron chi connectivity index (χ1n) is 4.00. The second kappa shape index (κ2) is 3.93. The van der Waals surface area contributed by atoms with Crippen molar-refractivity contribution in [2.75, 3.05) is 18.1 Å². The molecule has 0 aromatic rings. The van der Waals surface area contributed by atoms with E-state index >= 15 is 0 Å². The number of rotatable bonds is 2. The van der Waals surface area contributed by atoms with Crippen LogP contribution in [0.4, 0.5) is 0 Å². The number of hydrogen-bond donors (Lipinski definition) is 3. The smallest absolute Gasteiger partial charge is 0.203 e. The maximum Gasteiger partial charge on any atom is 0.203 e. The van der Waals surface area contributed by atoms with Gasteiger partial charge in [0.25, 0.3) is 0 Å². The molecule has 0 spiro atoms. The molecule has 1 aliphatic rings. The number of hydrazine groups is 1. The third-order valence-corrected chi connectivity index (χ3v) is 3.83. The molecule has 5 N–H and O–H groups in total. The lowest BCUT2D eigenvalue weighted by molar-refractivity contribution is 0.590. The molecule has 0 aromatic heterocycles. The molecule has 6 nitrogen and oxygen atoms in total. The summed E-state index contributed by atoms with van der Waals surface area (Å²) in [6.45, 7) is 0.426. The minimum absolute atomic E-state index is 0.0944. The second-order valence-electron chi connectivity index (χ2n) is 3.14. The molecule has 1 unspecified atom stereocenters. The molecule has 1 atom stereocenters. The monoisotopic (exact) mass is 206 g/mol. The molecule has 0 aliphatic carbocycles. The van der Waals surface area contributed by atoms with Gasteiger partial charge in [-0.05, 0) is 12.3 Å². The van der Waals surface area contributed by atoms with Crippen molar-refractivity contribution in [3.63, 3.8) is 0 Å². The summed E-state index contributed by atoms with van der Waals surface area (Å²) in [4.78, 5) is 3.88. The van der Waals surface area contributed by atoms with Gasteiger partial charge in [-0.15, -0.1) is 0 Å². The fourth-order valence-electron chi connectivity index (χ4n) is 1.29. The Bertz CT molecular complexity index is 298. The van der Waals surface area contributed by atoms with Gasteiger partial charge in [-0.1, -0.05) is 0 Å². The lowest BCUT2D eigenvalue weighted by Crippen LogP contribution is -2.37. The highest BCUT2D eigenvalue weighted by Gasteiger charge is 2.27. The van der Waals surface area contributed by atoms with Crippen LogP contribution in [0.15, 0.2) is 4.99 Å². The second-order valence-corrected chi connectivity index (χ2v) is 5.37. The van der Waals surface area contributed by atoms with Gasteiger partial charge in [-0.2, -0.15) is 0 Å². The highest BCUT2D eigenvalue weighted by molar-refractivity contribution is 7.91. The summed E-state index contributed by atoms with van der Waals surface area (Å²) in [6, 6.07) is 0. The first-order valence-corrected chi connectivity index (χ1v) is 5.82. The molecule has 0 radical (unpaired) electrons. The molecule has 13 heavy (non-hydrogen) atoms. The van der Waals surface area contributed by atoms with Crippen LogP contribution in [0, 0.1) is 5.92 Å². The van der Waals surface area contributed by atoms with Gasteiger partial charge in [0.2, 0.25) is 5.96 Å². The van der Waals surface area contributed by atoms with E-state index in [2.05, 4.69) is 10.4 Å². The van der Waals surface area contributed by atoms with E-state index in [4.69, 9.17) is 11.6 Å². The van der Waals surface area contributed by atoms with Gasteiger partial charge in [0.1, 0.15) is 0 Å². The van der Waals surface area contributed by atoms with Crippen LogP contribution < -0.4 is 17.0 Å². The number of sulfone groups is 1. The number of hydrogen-bond acceptors (Lipinski definition) is 4. The van der Waals surface area contributed by atoms with Gasteiger partial charge in [0, 0.05) is 6.54 Å². The fourth-order valence-corrected chi connectivity index (χ4v) is 3.14. The van der Waals surface area contributed by atoms with E-state index in [0.717, 1.165) is 0 Å². The molecule has 1 rings (SSSR count). The summed E-state index contributed by atoms with van der Waals surface area (Å²) >= 11 is 0. The van der Waals surface area contributed by atoms with Crippen molar-refractivity contribution in [2.24, 2.45) is 22.5 Å². The summed E-state index contributed by atoms with van der Waals surface area (Å²) in [5.74, 6) is 5.71. The zero-order valence-electron chi connectivity index (χ0n) is 7.23. The van der Waals surface area contributed by atoms with E-state index in [9.17, 15) is 8.42 Å². The predicted octanol–water partition coefficient (Wildman–Crippen LogP) is -1.80. The van der Waals surface area contributed by atoms with Crippen molar-refractivity contribution in [1.82, 2.24) is 5.43 Å². The van der Waals surface area contributed by atoms with Crippen LogP contribution in [0.2, 0.25) is 0 Å². The van der Waals surface area contributed by atoms with E-state index in [0.29, 0.717) is 13.0 Å². The first-order chi connectivity index (χ1) is 6.03. The first kappa shape index (κ1) is 10.3. The minimum atomic E-state index is -2.81. The highest BCUT2D eigenvalue weighted by atomic mass is 32.2. The number of guanidine groups is 1. The molecular weight excluding hydrogens is 192 g/mol. The Morgan fingerprint density at radius 1 is 1.62 bits per heavy atom. The van der Waals surface area contributed by atoms with E-state index in [-0.39, 0.29) is 23.4 Å². The number of nitrogens with two attached hydrogens (primary N) is 2. The van der Waals surface area contributed by atoms with Gasteiger partial charge >= 0.3 is 0 Å². The lowest BCUT2D eigenvalue weighted by Gasteiger charge is -2.03. The molecule has 0 bridgehead atoms. The zero-order chi connectivity index (χ0) is 9.90. The third-order valence-electron chi connectivity index (χ3n) is 1.99. The Morgan fingerprint density at radius 3 is 2.77 bits per heavy atom. The Morgan fingerprint density at radius 2 is 2.31 bits per heavy atom. The predicted molar refractivity (Wildman–Crippen MR) is 50.6 cm³/mol. The van der Waals surface area contributed by atoms with Crippen LogP contribution in [0.3, 0.4) is 0 Å². The SMILES string of the molecule is NNC(N)=NCC1CCS(=O)(=O)C1. The summed E-state index contributed by atoms with van der Waals surface area (Å²) < 4.78 is 22.1. The fraction of sp³-hybridized carbons (Fsp3) is 0.833. The van der Waals surface area contributed by atoms with Crippen LogP contribution in [0.1, 0.15) is 6.42 Å². The van der Waals surface area contributed by atoms with E-state index < -0.39 is 9.84 Å². The quantitative estimate of drug-likeness (QED) is 0.214. The Balaban J connectivity index is 2.41. The molecule has 1 heterocycles. The van der Waals surface area contributed by atoms with E-state index in [1.54, 1.807) is 0 Å². The Hall–Kier alpha value is -0.820. The van der Waals surface area contributed by atoms with Crippen LogP contribution in [0.25, 0.3) is 0 Å². The largest absolute Gasteiger partial charge is 0.369 e. The van der Waals surface area contributed by atoms with Crippen LogP contribution >= 0.6 is 0 Å². The van der Waals surface area contributed by atoms with E-state index in [1.807, 2.05) is 0 Å². The topological polar surface area (TPSA) is 111 Å². The average Bonchev–Trinajstić information content (AvgIpc) is 2.41. The molecule has 0 aromatic carbocycles. The van der Waals surface area contributed by atoms with Gasteiger partial charge in [-0.25, -0.2) is 14.3 Å². The van der Waals surface area contributed by atoms with Gasteiger partial charge in [0.05, 0.1) is 11.5 Å². The van der Waals surface area contributed by atoms with Gasteiger partial charge < -0.3 is 5.73 Å². The van der Waals surface area contributed by atoms with Crippen molar-refractivity contribution in [3.05, 3.63) is 0 Å². The summed E-state index contributed by atoms with van der Waals surface area (Å²) in [6.07, 6.45) is 0.670. The average molecular weight is 206 g/mol. The van der Waals surface area contributed by atoms with Crippen molar-refractivity contribution < 1.29 is 8.42 Å². The van der Waals surface area contributed by atoms with Crippen molar-refractivity contribution in [1.29, 1.82) is 0 Å². The van der Waals surface area contributed by atoms with Crippen molar-refractivity contribution in [3.8, 4) is 0 Å². The van der Waals surface area contributed by atoms with Crippen LogP contribution in [-0.2, 0) is 9.84 Å². The normalized spacial score (nSPS) is 27.5. The maximum absolute atomic E-state index is 11.0. The maximum atomic E-state index is 11.0. The van der Waals surface area contributed by atoms with Crippen LogP contribution in [-0.4, -0.2) is 32.4 Å². The number of nitrogens with zero attached hydrogens (tertiary/aromatic N) is 1. The molecule has 1 fully saturated rings. The van der Waals surface area contributed by atoms with Gasteiger partial charge in [-0.3, -0.25) is 10.4 Å². The van der Waals surface area contributed by atoms with Gasteiger partial charge in [0.15, 0.2) is 9.84 Å². The molecule has 0 amide bonds. The highest BCUT2D eigenvalue weighted by Crippen LogP contribution is 2.18. The molecule has 1 saturated heterocycles. The summed E-state index contributed by atoms with van der Waals surface area (Å²) in [7, 11) is -2.81. The molecule has 7 heteroatoms. The molecule has 0 saturated carbocycles. The molecular formula is C6H14N4O2S. The summed E-state index contributed by atoms with van der Waals surface area (Å²) in [5, 5.41) is 0. The standard InChI is InChI=1S/C6H14N4O2S/c7-6(10-8)9-3-5-1-2-13(11,12)4-5/h5H,1-4,8H2,(H3,7,9,10).